The Morgan fingerprint density at radius 1 is 1.58 bits per heavy atom. The summed E-state index contributed by atoms with van der Waals surface area (Å²) >= 11 is 5.29. The molecule has 0 radical (unpaired) electrons. The molecule has 4 nitrogen and oxygen atoms in total. The Labute approximate surface area is 115 Å². The molecular weight excluding hydrogens is 267 g/mol. The number of imidazole rings is 1. The molecule has 1 atom stereocenters. The van der Waals surface area contributed by atoms with Gasteiger partial charge in [0.1, 0.15) is 16.9 Å². The highest BCUT2D eigenvalue weighted by atomic mass is 32.1. The van der Waals surface area contributed by atoms with Gasteiger partial charge in [0, 0.05) is 20.1 Å². The number of fused-ring (bicyclic) bond motifs is 1. The van der Waals surface area contributed by atoms with Crippen molar-refractivity contribution < 1.29 is 13.9 Å². The zero-order chi connectivity index (χ0) is 13.5. The zero-order valence-corrected chi connectivity index (χ0v) is 11.4. The number of aromatic amines is 1. The van der Waals surface area contributed by atoms with Crippen LogP contribution in [0.4, 0.5) is 4.39 Å². The number of methoxy groups -OCH3 is 1. The summed E-state index contributed by atoms with van der Waals surface area (Å²) in [5.41, 5.74) is 0.825. The highest BCUT2D eigenvalue weighted by Gasteiger charge is 2.36. The Morgan fingerprint density at radius 2 is 2.42 bits per heavy atom. The van der Waals surface area contributed by atoms with Crippen LogP contribution in [-0.2, 0) is 16.0 Å². The highest BCUT2D eigenvalue weighted by Crippen LogP contribution is 2.27. The van der Waals surface area contributed by atoms with E-state index in [1.165, 1.54) is 6.07 Å². The number of ether oxygens (including phenoxy) is 2. The number of rotatable bonds is 3. The van der Waals surface area contributed by atoms with Gasteiger partial charge in [0.15, 0.2) is 4.77 Å². The van der Waals surface area contributed by atoms with Gasteiger partial charge in [-0.1, -0.05) is 6.07 Å². The molecule has 1 fully saturated rings. The van der Waals surface area contributed by atoms with Crippen molar-refractivity contribution in [3.8, 4) is 0 Å². The van der Waals surface area contributed by atoms with Crippen LogP contribution >= 0.6 is 12.2 Å². The first-order valence-electron chi connectivity index (χ1n) is 6.15. The number of H-pyrrole nitrogens is 1. The molecule has 102 valence electrons. The van der Waals surface area contributed by atoms with Crippen LogP contribution in [0.3, 0.4) is 0 Å². The van der Waals surface area contributed by atoms with Gasteiger partial charge in [0.25, 0.3) is 0 Å². The van der Waals surface area contributed by atoms with E-state index in [1.54, 1.807) is 13.2 Å². The second-order valence-corrected chi connectivity index (χ2v) is 5.23. The second kappa shape index (κ2) is 4.70. The summed E-state index contributed by atoms with van der Waals surface area (Å²) in [6.45, 7) is 1.77. The summed E-state index contributed by atoms with van der Waals surface area (Å²) in [4.78, 5) is 2.92. The Bertz CT molecular complexity index is 658. The van der Waals surface area contributed by atoms with Crippen molar-refractivity contribution in [1.82, 2.24) is 9.55 Å². The normalized spacial score (nSPS) is 23.3. The number of hydrogen-bond acceptors (Lipinski definition) is 3. The van der Waals surface area contributed by atoms with Crippen LogP contribution < -0.4 is 0 Å². The monoisotopic (exact) mass is 282 g/mol. The standard InChI is InChI=1S/C13H15FN2O2S/c1-17-13(5-6-18-8-13)7-16-10-4-2-3-9(14)11(10)15-12(16)19/h2-4H,5-8H2,1H3,(H,15,19). The van der Waals surface area contributed by atoms with Gasteiger partial charge in [-0.2, -0.15) is 0 Å². The first-order chi connectivity index (χ1) is 9.15. The van der Waals surface area contributed by atoms with Crippen molar-refractivity contribution in [3.63, 3.8) is 0 Å². The van der Waals surface area contributed by atoms with E-state index < -0.39 is 0 Å². The number of nitrogens with zero attached hydrogens (tertiary/aromatic N) is 1. The molecule has 2 heterocycles. The van der Waals surface area contributed by atoms with Gasteiger partial charge in [0.05, 0.1) is 18.7 Å². The molecule has 1 aromatic heterocycles. The van der Waals surface area contributed by atoms with Crippen molar-refractivity contribution in [2.24, 2.45) is 0 Å². The summed E-state index contributed by atoms with van der Waals surface area (Å²) in [5, 5.41) is 0. The van der Waals surface area contributed by atoms with Crippen LogP contribution in [-0.4, -0.2) is 35.5 Å². The third kappa shape index (κ3) is 2.09. The largest absolute Gasteiger partial charge is 0.378 e. The minimum atomic E-state index is -0.375. The molecule has 1 unspecified atom stereocenters. The molecule has 19 heavy (non-hydrogen) atoms. The van der Waals surface area contributed by atoms with E-state index >= 15 is 0 Å². The molecule has 0 saturated carbocycles. The van der Waals surface area contributed by atoms with Gasteiger partial charge in [-0.05, 0) is 24.4 Å². The van der Waals surface area contributed by atoms with E-state index in [9.17, 15) is 4.39 Å². The number of aromatic nitrogens is 2. The van der Waals surface area contributed by atoms with Crippen LogP contribution in [0.25, 0.3) is 11.0 Å². The molecule has 1 aliphatic heterocycles. The van der Waals surface area contributed by atoms with Crippen molar-refractivity contribution in [2.45, 2.75) is 18.6 Å². The molecule has 2 aromatic rings. The molecule has 0 spiro atoms. The lowest BCUT2D eigenvalue weighted by molar-refractivity contribution is -0.0290. The van der Waals surface area contributed by atoms with Gasteiger partial charge >= 0.3 is 0 Å². The minimum absolute atomic E-state index is 0.295. The van der Waals surface area contributed by atoms with Crippen molar-refractivity contribution in [3.05, 3.63) is 28.8 Å². The first kappa shape index (κ1) is 12.8. The number of nitrogens with one attached hydrogen (secondary N) is 1. The third-order valence-electron chi connectivity index (χ3n) is 3.71. The van der Waals surface area contributed by atoms with Gasteiger partial charge in [0.2, 0.25) is 0 Å². The van der Waals surface area contributed by atoms with Crippen molar-refractivity contribution >= 4 is 23.3 Å². The van der Waals surface area contributed by atoms with Crippen LogP contribution in [0, 0.1) is 10.6 Å². The summed E-state index contributed by atoms with van der Waals surface area (Å²) in [6.07, 6.45) is 0.813. The SMILES string of the molecule is COC1(Cn2c(=S)[nH]c3c(F)cccc32)CCOC1. The predicted octanol–water partition coefficient (Wildman–Crippen LogP) is 2.64. The van der Waals surface area contributed by atoms with E-state index in [4.69, 9.17) is 21.7 Å². The molecule has 1 aromatic carbocycles. The number of halogens is 1. The van der Waals surface area contributed by atoms with Crippen LogP contribution in [0.1, 0.15) is 6.42 Å². The van der Waals surface area contributed by atoms with E-state index in [0.29, 0.717) is 30.0 Å². The van der Waals surface area contributed by atoms with Crippen LogP contribution in [0.5, 0.6) is 0 Å². The lowest BCUT2D eigenvalue weighted by atomic mass is 10.0. The molecule has 0 aliphatic carbocycles. The predicted molar refractivity (Wildman–Crippen MR) is 72.3 cm³/mol. The Balaban J connectivity index is 2.08. The quantitative estimate of drug-likeness (QED) is 0.880. The van der Waals surface area contributed by atoms with E-state index in [-0.39, 0.29) is 11.4 Å². The lowest BCUT2D eigenvalue weighted by Gasteiger charge is -2.26. The Hall–Kier alpha value is -1.24. The Morgan fingerprint density at radius 3 is 3.11 bits per heavy atom. The number of benzene rings is 1. The maximum absolute atomic E-state index is 13.7. The molecule has 0 bridgehead atoms. The minimum Gasteiger partial charge on any atom is -0.378 e. The highest BCUT2D eigenvalue weighted by molar-refractivity contribution is 7.71. The van der Waals surface area contributed by atoms with Gasteiger partial charge in [-0.15, -0.1) is 0 Å². The van der Waals surface area contributed by atoms with E-state index in [2.05, 4.69) is 4.98 Å². The van der Waals surface area contributed by atoms with Crippen LogP contribution in [0.2, 0.25) is 0 Å². The van der Waals surface area contributed by atoms with Gasteiger partial charge in [-0.25, -0.2) is 4.39 Å². The summed E-state index contributed by atoms with van der Waals surface area (Å²) in [6, 6.07) is 4.95. The summed E-state index contributed by atoms with van der Waals surface area (Å²) in [5.74, 6) is -0.295. The maximum atomic E-state index is 13.7. The van der Waals surface area contributed by atoms with Gasteiger partial charge < -0.3 is 19.0 Å². The molecule has 1 aliphatic rings. The van der Waals surface area contributed by atoms with Crippen molar-refractivity contribution in [2.75, 3.05) is 20.3 Å². The van der Waals surface area contributed by atoms with Crippen LogP contribution in [0.15, 0.2) is 18.2 Å². The van der Waals surface area contributed by atoms with Crippen molar-refractivity contribution in [1.29, 1.82) is 0 Å². The zero-order valence-electron chi connectivity index (χ0n) is 10.6. The summed E-state index contributed by atoms with van der Waals surface area (Å²) < 4.78 is 27.1. The average Bonchev–Trinajstić information content (AvgIpc) is 2.99. The lowest BCUT2D eigenvalue weighted by Crippen LogP contribution is -2.37. The fourth-order valence-electron chi connectivity index (χ4n) is 2.53. The van der Waals surface area contributed by atoms with Gasteiger partial charge in [-0.3, -0.25) is 0 Å². The number of hydrogen-bond donors (Lipinski definition) is 1. The topological polar surface area (TPSA) is 39.2 Å². The molecular formula is C13H15FN2O2S. The average molecular weight is 282 g/mol. The Kier molecular flexibility index (Phi) is 3.16. The molecule has 3 rings (SSSR count). The fourth-order valence-corrected chi connectivity index (χ4v) is 2.79. The maximum Gasteiger partial charge on any atom is 0.178 e. The molecule has 1 N–H and O–H groups in total. The van der Waals surface area contributed by atoms with E-state index in [0.717, 1.165) is 11.9 Å². The smallest absolute Gasteiger partial charge is 0.178 e. The molecule has 6 heteroatoms. The molecule has 0 amide bonds. The summed E-state index contributed by atoms with van der Waals surface area (Å²) in [7, 11) is 1.67. The molecule has 1 saturated heterocycles. The van der Waals surface area contributed by atoms with E-state index in [1.807, 2.05) is 10.6 Å². The second-order valence-electron chi connectivity index (χ2n) is 4.84. The number of para-hydroxylation sites is 1. The third-order valence-corrected chi connectivity index (χ3v) is 4.03. The fraction of sp³-hybridized carbons (Fsp3) is 0.462. The first-order valence-corrected chi connectivity index (χ1v) is 6.56.